The minimum absolute atomic E-state index is 0.242. The van der Waals surface area contributed by atoms with Gasteiger partial charge in [-0.2, -0.15) is 0 Å². The molecule has 0 radical (unpaired) electrons. The second-order valence-corrected chi connectivity index (χ2v) is 3.73. The Balaban J connectivity index is 1.96. The van der Waals surface area contributed by atoms with Crippen LogP contribution in [0.1, 0.15) is 18.7 Å². The molecule has 1 aliphatic rings. The Bertz CT molecular complexity index is 368. The van der Waals surface area contributed by atoms with Crippen LogP contribution in [0.2, 0.25) is 0 Å². The maximum absolute atomic E-state index is 11.0. The number of carbonyl (C=O) groups excluding carboxylic acids is 1. The summed E-state index contributed by atoms with van der Waals surface area (Å²) in [5, 5.41) is 2.61. The van der Waals surface area contributed by atoms with Crippen molar-refractivity contribution in [3.8, 4) is 0 Å². The molecule has 1 saturated carbocycles. The van der Waals surface area contributed by atoms with Gasteiger partial charge in [0.05, 0.1) is 18.1 Å². The van der Waals surface area contributed by atoms with E-state index in [-0.39, 0.29) is 5.91 Å². The normalized spacial score (nSPS) is 14.7. The van der Waals surface area contributed by atoms with Gasteiger partial charge in [0, 0.05) is 6.42 Å². The zero-order chi connectivity index (χ0) is 10.7. The van der Waals surface area contributed by atoms with Gasteiger partial charge in [-0.1, -0.05) is 6.58 Å². The van der Waals surface area contributed by atoms with Crippen molar-refractivity contribution >= 4 is 11.6 Å². The number of anilines is 1. The van der Waals surface area contributed by atoms with E-state index >= 15 is 0 Å². The van der Waals surface area contributed by atoms with Gasteiger partial charge in [0.2, 0.25) is 5.91 Å². The van der Waals surface area contributed by atoms with Crippen molar-refractivity contribution in [3.63, 3.8) is 0 Å². The van der Waals surface area contributed by atoms with Gasteiger partial charge in [0.25, 0.3) is 0 Å². The number of hydrogen-bond acceptors (Lipinski definition) is 3. The number of nitrogens with zero attached hydrogens (tertiary/aromatic N) is 2. The van der Waals surface area contributed by atoms with Crippen molar-refractivity contribution in [1.29, 1.82) is 0 Å². The minimum atomic E-state index is -0.242. The summed E-state index contributed by atoms with van der Waals surface area (Å²) in [5.41, 5.74) is 0.611. The molecule has 1 N–H and O–H groups in total. The summed E-state index contributed by atoms with van der Waals surface area (Å²) >= 11 is 0. The molecule has 1 fully saturated rings. The lowest BCUT2D eigenvalue weighted by molar-refractivity contribution is -0.111. The molecule has 1 heterocycles. The maximum Gasteiger partial charge on any atom is 0.247 e. The van der Waals surface area contributed by atoms with Crippen LogP contribution in [0.25, 0.3) is 0 Å². The third kappa shape index (κ3) is 2.87. The summed E-state index contributed by atoms with van der Waals surface area (Å²) in [6.07, 6.45) is 8.02. The minimum Gasteiger partial charge on any atom is -0.320 e. The Morgan fingerprint density at radius 3 is 2.73 bits per heavy atom. The Hall–Kier alpha value is -1.71. The summed E-state index contributed by atoms with van der Waals surface area (Å²) in [5.74, 6) is 1.39. The highest BCUT2D eigenvalue weighted by Gasteiger charge is 2.22. The lowest BCUT2D eigenvalue weighted by atomic mass is 10.3. The highest BCUT2D eigenvalue weighted by atomic mass is 16.1. The average molecular weight is 203 g/mol. The van der Waals surface area contributed by atoms with Crippen molar-refractivity contribution in [2.75, 3.05) is 5.32 Å². The molecule has 1 amide bonds. The molecular formula is C11H13N3O. The first-order valence-corrected chi connectivity index (χ1v) is 5.02. The second kappa shape index (κ2) is 4.21. The van der Waals surface area contributed by atoms with E-state index < -0.39 is 0 Å². The molecule has 4 heteroatoms. The first-order chi connectivity index (χ1) is 7.28. The molecule has 78 valence electrons. The zero-order valence-electron chi connectivity index (χ0n) is 8.44. The van der Waals surface area contributed by atoms with Crippen molar-refractivity contribution in [2.24, 2.45) is 5.92 Å². The van der Waals surface area contributed by atoms with Crippen LogP contribution >= 0.6 is 0 Å². The van der Waals surface area contributed by atoms with Crippen molar-refractivity contribution in [3.05, 3.63) is 30.9 Å². The molecule has 0 atom stereocenters. The fraction of sp³-hybridized carbons (Fsp3) is 0.364. The van der Waals surface area contributed by atoms with E-state index in [2.05, 4.69) is 21.9 Å². The van der Waals surface area contributed by atoms with Crippen LogP contribution in [0.15, 0.2) is 25.0 Å². The largest absolute Gasteiger partial charge is 0.320 e. The third-order valence-corrected chi connectivity index (χ3v) is 2.33. The molecule has 15 heavy (non-hydrogen) atoms. The van der Waals surface area contributed by atoms with E-state index in [4.69, 9.17) is 0 Å². The van der Waals surface area contributed by atoms with Crippen LogP contribution in [-0.2, 0) is 11.2 Å². The molecular weight excluding hydrogens is 190 g/mol. The van der Waals surface area contributed by atoms with Gasteiger partial charge >= 0.3 is 0 Å². The smallest absolute Gasteiger partial charge is 0.247 e. The summed E-state index contributed by atoms with van der Waals surface area (Å²) < 4.78 is 0. The van der Waals surface area contributed by atoms with Crippen LogP contribution in [0, 0.1) is 5.92 Å². The van der Waals surface area contributed by atoms with E-state index in [0.717, 1.165) is 18.2 Å². The first kappa shape index (κ1) is 9.83. The fourth-order valence-electron chi connectivity index (χ4n) is 1.30. The van der Waals surface area contributed by atoms with Gasteiger partial charge < -0.3 is 5.32 Å². The van der Waals surface area contributed by atoms with E-state index in [1.165, 1.54) is 18.9 Å². The summed E-state index contributed by atoms with van der Waals surface area (Å²) in [6.45, 7) is 3.37. The molecule has 2 rings (SSSR count). The van der Waals surface area contributed by atoms with Crippen molar-refractivity contribution in [2.45, 2.75) is 19.3 Å². The second-order valence-electron chi connectivity index (χ2n) is 3.73. The number of hydrogen-bond donors (Lipinski definition) is 1. The standard InChI is InChI=1S/C11H13N3O/c1-2-11(15)14-9-6-12-10(13-7-9)5-8-3-4-8/h2,6-8H,1,3-5H2,(H,14,15). The van der Waals surface area contributed by atoms with Crippen molar-refractivity contribution < 1.29 is 4.79 Å². The molecule has 0 aliphatic heterocycles. The molecule has 1 aliphatic carbocycles. The van der Waals surface area contributed by atoms with Gasteiger partial charge in [0.15, 0.2) is 0 Å². The monoisotopic (exact) mass is 203 g/mol. The summed E-state index contributed by atoms with van der Waals surface area (Å²) in [7, 11) is 0. The molecule has 0 aromatic carbocycles. The van der Waals surface area contributed by atoms with Crippen LogP contribution in [0.5, 0.6) is 0 Å². The van der Waals surface area contributed by atoms with Gasteiger partial charge in [-0.05, 0) is 24.8 Å². The van der Waals surface area contributed by atoms with E-state index in [1.807, 2.05) is 0 Å². The highest BCUT2D eigenvalue weighted by molar-refractivity contribution is 5.98. The lowest BCUT2D eigenvalue weighted by Gasteiger charge is -2.02. The van der Waals surface area contributed by atoms with Crippen LogP contribution in [-0.4, -0.2) is 15.9 Å². The SMILES string of the molecule is C=CC(=O)Nc1cnc(CC2CC2)nc1. The molecule has 1 aromatic rings. The predicted octanol–water partition coefficient (Wildman–Crippen LogP) is 1.55. The van der Waals surface area contributed by atoms with Crippen LogP contribution in [0.4, 0.5) is 5.69 Å². The Morgan fingerprint density at radius 2 is 2.20 bits per heavy atom. The number of aromatic nitrogens is 2. The Kier molecular flexibility index (Phi) is 2.76. The van der Waals surface area contributed by atoms with E-state index in [0.29, 0.717) is 5.69 Å². The Morgan fingerprint density at radius 1 is 1.53 bits per heavy atom. The van der Waals surface area contributed by atoms with E-state index in [1.54, 1.807) is 12.4 Å². The maximum atomic E-state index is 11.0. The van der Waals surface area contributed by atoms with Gasteiger partial charge in [-0.15, -0.1) is 0 Å². The van der Waals surface area contributed by atoms with Gasteiger partial charge in [-0.25, -0.2) is 9.97 Å². The van der Waals surface area contributed by atoms with Crippen LogP contribution < -0.4 is 5.32 Å². The number of carbonyl (C=O) groups is 1. The van der Waals surface area contributed by atoms with Crippen molar-refractivity contribution in [1.82, 2.24) is 9.97 Å². The lowest BCUT2D eigenvalue weighted by Crippen LogP contribution is -2.08. The van der Waals surface area contributed by atoms with Crippen LogP contribution in [0.3, 0.4) is 0 Å². The first-order valence-electron chi connectivity index (χ1n) is 5.02. The Labute approximate surface area is 88.4 Å². The summed E-state index contributed by atoms with van der Waals surface area (Å²) in [6, 6.07) is 0. The predicted molar refractivity (Wildman–Crippen MR) is 57.3 cm³/mol. The molecule has 0 bridgehead atoms. The number of amides is 1. The zero-order valence-corrected chi connectivity index (χ0v) is 8.44. The number of nitrogens with one attached hydrogen (secondary N) is 1. The highest BCUT2D eigenvalue weighted by Crippen LogP contribution is 2.31. The molecule has 0 unspecified atom stereocenters. The summed E-state index contributed by atoms with van der Waals surface area (Å²) in [4.78, 5) is 19.3. The van der Waals surface area contributed by atoms with Gasteiger partial charge in [0.1, 0.15) is 5.82 Å². The topological polar surface area (TPSA) is 54.9 Å². The van der Waals surface area contributed by atoms with Gasteiger partial charge in [-0.3, -0.25) is 4.79 Å². The quantitative estimate of drug-likeness (QED) is 0.755. The molecule has 1 aromatic heterocycles. The molecule has 4 nitrogen and oxygen atoms in total. The number of rotatable bonds is 4. The van der Waals surface area contributed by atoms with E-state index in [9.17, 15) is 4.79 Å². The molecule has 0 saturated heterocycles. The average Bonchev–Trinajstić information content (AvgIpc) is 3.05. The fourth-order valence-corrected chi connectivity index (χ4v) is 1.30. The third-order valence-electron chi connectivity index (χ3n) is 2.33. The molecule has 0 spiro atoms.